The molecular formula is C11H12O2. The SMILES string of the molecule is OCCC#Cc1ccc(CO)cc1. The fraction of sp³-hybridized carbons (Fsp3) is 0.273. The van der Waals surface area contributed by atoms with Gasteiger partial charge in [0.2, 0.25) is 0 Å². The summed E-state index contributed by atoms with van der Waals surface area (Å²) < 4.78 is 0. The Bertz CT molecular complexity index is 303. The van der Waals surface area contributed by atoms with Gasteiger partial charge in [0.1, 0.15) is 0 Å². The molecule has 0 aliphatic heterocycles. The lowest BCUT2D eigenvalue weighted by Gasteiger charge is -1.94. The molecule has 0 aromatic heterocycles. The molecule has 0 spiro atoms. The van der Waals surface area contributed by atoms with Gasteiger partial charge in [0.05, 0.1) is 13.2 Å². The van der Waals surface area contributed by atoms with E-state index in [1.54, 1.807) is 0 Å². The van der Waals surface area contributed by atoms with Gasteiger partial charge in [-0.15, -0.1) is 0 Å². The number of hydrogen-bond acceptors (Lipinski definition) is 2. The minimum absolute atomic E-state index is 0.0599. The fourth-order valence-electron chi connectivity index (χ4n) is 0.914. The summed E-state index contributed by atoms with van der Waals surface area (Å²) in [7, 11) is 0. The van der Waals surface area contributed by atoms with Crippen molar-refractivity contribution in [3.8, 4) is 11.8 Å². The molecule has 0 aliphatic carbocycles. The molecule has 0 fully saturated rings. The second-order valence-electron chi connectivity index (χ2n) is 2.63. The molecule has 0 saturated carbocycles. The van der Waals surface area contributed by atoms with Crippen LogP contribution in [-0.2, 0) is 6.61 Å². The van der Waals surface area contributed by atoms with Crippen LogP contribution in [0.25, 0.3) is 0 Å². The van der Waals surface area contributed by atoms with E-state index >= 15 is 0 Å². The van der Waals surface area contributed by atoms with E-state index in [2.05, 4.69) is 11.8 Å². The fourth-order valence-corrected chi connectivity index (χ4v) is 0.914. The van der Waals surface area contributed by atoms with Gasteiger partial charge < -0.3 is 10.2 Å². The Kier molecular flexibility index (Phi) is 4.04. The molecule has 0 aliphatic rings. The lowest BCUT2D eigenvalue weighted by Crippen LogP contribution is -1.82. The van der Waals surface area contributed by atoms with Gasteiger partial charge in [-0.1, -0.05) is 24.0 Å². The lowest BCUT2D eigenvalue weighted by molar-refractivity contribution is 0.282. The van der Waals surface area contributed by atoms with E-state index in [0.717, 1.165) is 11.1 Å². The Morgan fingerprint density at radius 3 is 2.31 bits per heavy atom. The van der Waals surface area contributed by atoms with E-state index in [-0.39, 0.29) is 13.2 Å². The molecule has 1 aromatic carbocycles. The van der Waals surface area contributed by atoms with Gasteiger partial charge in [-0.25, -0.2) is 0 Å². The molecule has 13 heavy (non-hydrogen) atoms. The van der Waals surface area contributed by atoms with E-state index in [1.165, 1.54) is 0 Å². The standard InChI is InChI=1S/C11H12O2/c12-8-2-1-3-10-4-6-11(9-13)7-5-10/h4-7,12-13H,2,8-9H2. The van der Waals surface area contributed by atoms with Crippen LogP contribution in [-0.4, -0.2) is 16.8 Å². The van der Waals surface area contributed by atoms with Crippen LogP contribution in [0.15, 0.2) is 24.3 Å². The third-order valence-electron chi connectivity index (χ3n) is 1.61. The first-order valence-electron chi connectivity index (χ1n) is 4.16. The molecule has 1 aromatic rings. The zero-order valence-corrected chi connectivity index (χ0v) is 7.33. The summed E-state index contributed by atoms with van der Waals surface area (Å²) >= 11 is 0. The monoisotopic (exact) mass is 176 g/mol. The number of aliphatic hydroxyl groups is 2. The van der Waals surface area contributed by atoms with Gasteiger partial charge in [-0.3, -0.25) is 0 Å². The van der Waals surface area contributed by atoms with Crippen LogP contribution in [0.4, 0.5) is 0 Å². The van der Waals surface area contributed by atoms with E-state index in [4.69, 9.17) is 10.2 Å². The number of hydrogen-bond donors (Lipinski definition) is 2. The summed E-state index contributed by atoms with van der Waals surface area (Å²) in [5.41, 5.74) is 1.79. The topological polar surface area (TPSA) is 40.5 Å². The van der Waals surface area contributed by atoms with Crippen LogP contribution in [0, 0.1) is 11.8 Å². The maximum atomic E-state index is 8.77. The average molecular weight is 176 g/mol. The van der Waals surface area contributed by atoms with Crippen molar-refractivity contribution in [1.82, 2.24) is 0 Å². The highest BCUT2D eigenvalue weighted by molar-refractivity contribution is 5.35. The van der Waals surface area contributed by atoms with Gasteiger partial charge in [-0.05, 0) is 17.7 Å². The molecule has 2 nitrogen and oxygen atoms in total. The van der Waals surface area contributed by atoms with E-state index < -0.39 is 0 Å². The van der Waals surface area contributed by atoms with Crippen molar-refractivity contribution in [3.63, 3.8) is 0 Å². The van der Waals surface area contributed by atoms with Crippen LogP contribution in [0.2, 0.25) is 0 Å². The van der Waals surface area contributed by atoms with Gasteiger partial charge in [0.25, 0.3) is 0 Å². The predicted octanol–water partition coefficient (Wildman–Crippen LogP) is 0.913. The highest BCUT2D eigenvalue weighted by Gasteiger charge is 1.88. The summed E-state index contributed by atoms with van der Waals surface area (Å²) in [6, 6.07) is 7.39. The zero-order valence-electron chi connectivity index (χ0n) is 7.33. The highest BCUT2D eigenvalue weighted by atomic mass is 16.3. The second-order valence-corrected chi connectivity index (χ2v) is 2.63. The molecule has 0 unspecified atom stereocenters. The molecule has 68 valence electrons. The summed E-state index contributed by atoms with van der Waals surface area (Å²) in [5.74, 6) is 5.73. The third-order valence-corrected chi connectivity index (χ3v) is 1.61. The van der Waals surface area contributed by atoms with Gasteiger partial charge >= 0.3 is 0 Å². The van der Waals surface area contributed by atoms with Crippen molar-refractivity contribution < 1.29 is 10.2 Å². The Balaban J connectivity index is 2.65. The van der Waals surface area contributed by atoms with E-state index in [9.17, 15) is 0 Å². The molecule has 0 amide bonds. The molecule has 2 heteroatoms. The highest BCUT2D eigenvalue weighted by Crippen LogP contribution is 2.02. The summed E-state index contributed by atoms with van der Waals surface area (Å²) in [4.78, 5) is 0. The Morgan fingerprint density at radius 1 is 1.08 bits per heavy atom. The smallest absolute Gasteiger partial charge is 0.0681 e. The first-order valence-corrected chi connectivity index (χ1v) is 4.16. The molecule has 0 heterocycles. The first-order chi connectivity index (χ1) is 6.36. The zero-order chi connectivity index (χ0) is 9.52. The van der Waals surface area contributed by atoms with Gasteiger partial charge in [-0.2, -0.15) is 0 Å². The minimum Gasteiger partial charge on any atom is -0.395 e. The van der Waals surface area contributed by atoms with E-state index in [0.29, 0.717) is 6.42 Å². The van der Waals surface area contributed by atoms with Crippen LogP contribution >= 0.6 is 0 Å². The van der Waals surface area contributed by atoms with Crippen molar-refractivity contribution in [2.24, 2.45) is 0 Å². The summed E-state index contributed by atoms with van der Waals surface area (Å²) in [6.45, 7) is 0.159. The van der Waals surface area contributed by atoms with Crippen LogP contribution in [0.3, 0.4) is 0 Å². The normalized spacial score (nSPS) is 9.08. The lowest BCUT2D eigenvalue weighted by atomic mass is 10.1. The Labute approximate surface area is 77.8 Å². The number of benzene rings is 1. The molecule has 0 atom stereocenters. The van der Waals surface area contributed by atoms with Crippen molar-refractivity contribution >= 4 is 0 Å². The Hall–Kier alpha value is -1.30. The molecule has 0 bridgehead atoms. The third kappa shape index (κ3) is 3.29. The molecule has 0 radical (unpaired) electrons. The predicted molar refractivity (Wildman–Crippen MR) is 50.9 cm³/mol. The molecule has 1 rings (SSSR count). The maximum Gasteiger partial charge on any atom is 0.0681 e. The van der Waals surface area contributed by atoms with Crippen LogP contribution in [0.1, 0.15) is 17.5 Å². The van der Waals surface area contributed by atoms with Gasteiger partial charge in [0.15, 0.2) is 0 Å². The largest absolute Gasteiger partial charge is 0.395 e. The first kappa shape index (κ1) is 9.79. The maximum absolute atomic E-state index is 8.77. The quantitative estimate of drug-likeness (QED) is 0.658. The molecular weight excluding hydrogens is 164 g/mol. The van der Waals surface area contributed by atoms with Crippen LogP contribution < -0.4 is 0 Å². The van der Waals surface area contributed by atoms with Crippen LogP contribution in [0.5, 0.6) is 0 Å². The number of rotatable bonds is 2. The Morgan fingerprint density at radius 2 is 1.77 bits per heavy atom. The minimum atomic E-state index is 0.0599. The summed E-state index contributed by atoms with van der Waals surface area (Å²) in [6.07, 6.45) is 0.502. The van der Waals surface area contributed by atoms with Crippen molar-refractivity contribution in [2.75, 3.05) is 6.61 Å². The second kappa shape index (κ2) is 5.36. The number of aliphatic hydroxyl groups excluding tert-OH is 2. The van der Waals surface area contributed by atoms with Crippen molar-refractivity contribution in [2.45, 2.75) is 13.0 Å². The van der Waals surface area contributed by atoms with Crippen molar-refractivity contribution in [3.05, 3.63) is 35.4 Å². The average Bonchev–Trinajstić information content (AvgIpc) is 2.19. The molecule has 2 N–H and O–H groups in total. The summed E-state index contributed by atoms with van der Waals surface area (Å²) in [5, 5.41) is 17.3. The van der Waals surface area contributed by atoms with Gasteiger partial charge in [0, 0.05) is 12.0 Å². The molecule has 0 saturated heterocycles. The van der Waals surface area contributed by atoms with E-state index in [1.807, 2.05) is 24.3 Å². The van der Waals surface area contributed by atoms with Crippen molar-refractivity contribution in [1.29, 1.82) is 0 Å².